The predicted octanol–water partition coefficient (Wildman–Crippen LogP) is 8.93. The molecule has 0 aliphatic heterocycles. The van der Waals surface area contributed by atoms with Crippen LogP contribution in [0.4, 0.5) is 0 Å². The number of carbonyl (C=O) groups is 1. The van der Waals surface area contributed by atoms with Gasteiger partial charge in [0.2, 0.25) is 0 Å². The Morgan fingerprint density at radius 2 is 1.08 bits per heavy atom. The molecule has 0 heterocycles. The summed E-state index contributed by atoms with van der Waals surface area (Å²) in [4.78, 5) is 13.6. The van der Waals surface area contributed by atoms with E-state index in [1.54, 1.807) is 19.0 Å². The van der Waals surface area contributed by atoms with Crippen molar-refractivity contribution in [3.8, 4) is 22.6 Å². The standard InChI is InChI=1S/C34H45NO3/c1-4-5-6-7-8-9-10-11-12-13-26-37-32-22-18-29(19-23-32)30-20-24-33(25-21-30)38-27-28-14-16-31(17-15-28)34(36)35(2)3/h14-25H,4-13,26-27H2,1-3H3. The Hall–Kier alpha value is -3.27. The van der Waals surface area contributed by atoms with E-state index in [1.165, 1.54) is 57.8 Å². The maximum atomic E-state index is 12.0. The van der Waals surface area contributed by atoms with Crippen molar-refractivity contribution in [3.05, 3.63) is 83.9 Å². The van der Waals surface area contributed by atoms with Gasteiger partial charge in [0.05, 0.1) is 6.61 Å². The molecule has 3 aromatic rings. The van der Waals surface area contributed by atoms with E-state index in [9.17, 15) is 4.79 Å². The molecule has 3 aromatic carbocycles. The maximum Gasteiger partial charge on any atom is 0.253 e. The van der Waals surface area contributed by atoms with Crippen molar-refractivity contribution in [2.24, 2.45) is 0 Å². The number of benzene rings is 3. The van der Waals surface area contributed by atoms with Crippen LogP contribution in [-0.4, -0.2) is 31.5 Å². The van der Waals surface area contributed by atoms with Crippen LogP contribution in [-0.2, 0) is 6.61 Å². The zero-order valence-electron chi connectivity index (χ0n) is 23.6. The van der Waals surface area contributed by atoms with Gasteiger partial charge in [-0.05, 0) is 59.5 Å². The second kappa shape index (κ2) is 16.5. The van der Waals surface area contributed by atoms with Crippen LogP contribution in [0.15, 0.2) is 72.8 Å². The summed E-state index contributed by atoms with van der Waals surface area (Å²) < 4.78 is 11.9. The van der Waals surface area contributed by atoms with Gasteiger partial charge >= 0.3 is 0 Å². The van der Waals surface area contributed by atoms with Crippen molar-refractivity contribution in [2.75, 3.05) is 20.7 Å². The monoisotopic (exact) mass is 515 g/mol. The summed E-state index contributed by atoms with van der Waals surface area (Å²) in [5.41, 5.74) is 4.00. The van der Waals surface area contributed by atoms with Crippen molar-refractivity contribution < 1.29 is 14.3 Å². The third-order valence-corrected chi connectivity index (χ3v) is 6.82. The van der Waals surface area contributed by atoms with E-state index in [1.807, 2.05) is 36.4 Å². The highest BCUT2D eigenvalue weighted by Crippen LogP contribution is 2.25. The van der Waals surface area contributed by atoms with Crippen LogP contribution in [0, 0.1) is 0 Å². The molecule has 4 heteroatoms. The Balaban J connectivity index is 1.34. The molecule has 0 radical (unpaired) electrons. The van der Waals surface area contributed by atoms with Gasteiger partial charge in [0.25, 0.3) is 5.91 Å². The first-order valence-electron chi connectivity index (χ1n) is 14.3. The Morgan fingerprint density at radius 3 is 1.58 bits per heavy atom. The molecule has 3 rings (SSSR count). The summed E-state index contributed by atoms with van der Waals surface area (Å²) in [6.45, 7) is 3.52. The van der Waals surface area contributed by atoms with Gasteiger partial charge in [-0.25, -0.2) is 0 Å². The van der Waals surface area contributed by atoms with Crippen molar-refractivity contribution in [2.45, 2.75) is 77.7 Å². The van der Waals surface area contributed by atoms with E-state index in [2.05, 4.69) is 43.3 Å². The molecular formula is C34H45NO3. The van der Waals surface area contributed by atoms with Crippen molar-refractivity contribution in [3.63, 3.8) is 0 Å². The average molecular weight is 516 g/mol. The van der Waals surface area contributed by atoms with Gasteiger partial charge < -0.3 is 14.4 Å². The lowest BCUT2D eigenvalue weighted by Crippen LogP contribution is -2.21. The van der Waals surface area contributed by atoms with E-state index < -0.39 is 0 Å². The zero-order chi connectivity index (χ0) is 27.0. The van der Waals surface area contributed by atoms with Crippen molar-refractivity contribution in [1.29, 1.82) is 0 Å². The molecule has 0 bridgehead atoms. The van der Waals surface area contributed by atoms with Gasteiger partial charge in [-0.2, -0.15) is 0 Å². The first-order valence-corrected chi connectivity index (χ1v) is 14.3. The third-order valence-electron chi connectivity index (χ3n) is 6.82. The minimum Gasteiger partial charge on any atom is -0.494 e. The normalized spacial score (nSPS) is 10.8. The summed E-state index contributed by atoms with van der Waals surface area (Å²) in [7, 11) is 3.51. The fourth-order valence-electron chi connectivity index (χ4n) is 4.44. The minimum atomic E-state index is 0.00161. The van der Waals surface area contributed by atoms with Gasteiger partial charge in [-0.15, -0.1) is 0 Å². The Kier molecular flexibility index (Phi) is 12.8. The quantitative estimate of drug-likeness (QED) is 0.168. The first-order chi connectivity index (χ1) is 18.6. The first kappa shape index (κ1) is 29.3. The maximum absolute atomic E-state index is 12.0. The number of nitrogens with zero attached hydrogens (tertiary/aromatic N) is 1. The van der Waals surface area contributed by atoms with E-state index in [-0.39, 0.29) is 5.91 Å². The number of hydrogen-bond donors (Lipinski definition) is 0. The van der Waals surface area contributed by atoms with Gasteiger partial charge in [0.15, 0.2) is 0 Å². The SMILES string of the molecule is CCCCCCCCCCCCOc1ccc(-c2ccc(OCc3ccc(C(=O)N(C)C)cc3)cc2)cc1. The Bertz CT molecular complexity index is 1060. The Labute approximate surface area is 230 Å². The molecule has 0 spiro atoms. The molecule has 4 nitrogen and oxygen atoms in total. The van der Waals surface area contributed by atoms with E-state index in [0.29, 0.717) is 12.2 Å². The lowest BCUT2D eigenvalue weighted by molar-refractivity contribution is 0.0827. The predicted molar refractivity (Wildman–Crippen MR) is 158 cm³/mol. The molecule has 204 valence electrons. The average Bonchev–Trinajstić information content (AvgIpc) is 2.95. The van der Waals surface area contributed by atoms with Gasteiger partial charge in [-0.3, -0.25) is 4.79 Å². The molecule has 0 aliphatic carbocycles. The van der Waals surface area contributed by atoms with Crippen LogP contribution in [0.1, 0.15) is 87.1 Å². The van der Waals surface area contributed by atoms with Gasteiger partial charge in [0, 0.05) is 19.7 Å². The number of rotatable bonds is 17. The fourth-order valence-corrected chi connectivity index (χ4v) is 4.44. The van der Waals surface area contributed by atoms with Gasteiger partial charge in [-0.1, -0.05) is 101 Å². The summed E-state index contributed by atoms with van der Waals surface area (Å²) in [6, 6.07) is 24.0. The Morgan fingerprint density at radius 1 is 0.605 bits per heavy atom. The van der Waals surface area contributed by atoms with Crippen LogP contribution in [0.25, 0.3) is 11.1 Å². The highest BCUT2D eigenvalue weighted by atomic mass is 16.5. The molecule has 0 aliphatic rings. The van der Waals surface area contributed by atoms with Crippen LogP contribution in [0.2, 0.25) is 0 Å². The van der Waals surface area contributed by atoms with Crippen LogP contribution in [0.5, 0.6) is 11.5 Å². The number of hydrogen-bond acceptors (Lipinski definition) is 3. The molecule has 0 fully saturated rings. The topological polar surface area (TPSA) is 38.8 Å². The lowest BCUT2D eigenvalue weighted by atomic mass is 10.1. The summed E-state index contributed by atoms with van der Waals surface area (Å²) in [6.07, 6.45) is 13.4. The van der Waals surface area contributed by atoms with E-state index in [4.69, 9.17) is 9.47 Å². The molecule has 0 atom stereocenters. The fraction of sp³-hybridized carbons (Fsp3) is 0.441. The van der Waals surface area contributed by atoms with E-state index >= 15 is 0 Å². The zero-order valence-corrected chi connectivity index (χ0v) is 23.6. The molecule has 0 aromatic heterocycles. The molecule has 0 N–H and O–H groups in total. The molecular weight excluding hydrogens is 470 g/mol. The number of ether oxygens (including phenoxy) is 2. The smallest absolute Gasteiger partial charge is 0.253 e. The summed E-state index contributed by atoms with van der Waals surface area (Å²) >= 11 is 0. The van der Waals surface area contributed by atoms with Crippen LogP contribution in [0.3, 0.4) is 0 Å². The number of carbonyl (C=O) groups excluding carboxylic acids is 1. The van der Waals surface area contributed by atoms with E-state index in [0.717, 1.165) is 41.2 Å². The molecule has 1 amide bonds. The minimum absolute atomic E-state index is 0.00161. The molecule has 0 saturated heterocycles. The second-order valence-electron chi connectivity index (χ2n) is 10.3. The molecule has 0 unspecified atom stereocenters. The summed E-state index contributed by atoms with van der Waals surface area (Å²) in [5.74, 6) is 1.75. The number of unbranched alkanes of at least 4 members (excludes halogenated alkanes) is 9. The van der Waals surface area contributed by atoms with Crippen LogP contribution < -0.4 is 9.47 Å². The van der Waals surface area contributed by atoms with Crippen LogP contribution >= 0.6 is 0 Å². The summed E-state index contributed by atoms with van der Waals surface area (Å²) in [5, 5.41) is 0. The van der Waals surface area contributed by atoms with Crippen molar-refractivity contribution in [1.82, 2.24) is 4.90 Å². The molecule has 38 heavy (non-hydrogen) atoms. The van der Waals surface area contributed by atoms with Crippen molar-refractivity contribution >= 4 is 5.91 Å². The second-order valence-corrected chi connectivity index (χ2v) is 10.3. The largest absolute Gasteiger partial charge is 0.494 e. The number of amides is 1. The highest BCUT2D eigenvalue weighted by Gasteiger charge is 2.07. The third kappa shape index (κ3) is 10.2. The highest BCUT2D eigenvalue weighted by molar-refractivity contribution is 5.93. The van der Waals surface area contributed by atoms with Gasteiger partial charge in [0.1, 0.15) is 18.1 Å². The lowest BCUT2D eigenvalue weighted by Gasteiger charge is -2.11. The molecule has 0 saturated carbocycles.